The minimum absolute atomic E-state index is 0. The third-order valence-corrected chi connectivity index (χ3v) is 9.59. The molecule has 0 saturated heterocycles. The summed E-state index contributed by atoms with van der Waals surface area (Å²) in [5.74, 6) is 0. The molecule has 6 aromatic carbocycles. The Morgan fingerprint density at radius 1 is 0.509 bits per heavy atom. The summed E-state index contributed by atoms with van der Waals surface area (Å²) in [6, 6.07) is 64.7. The Balaban J connectivity index is 0.000000194. The van der Waals surface area contributed by atoms with Crippen molar-refractivity contribution >= 4 is 21.9 Å². The number of hydrogen-bond donors (Lipinski definition) is 0. The predicted octanol–water partition coefficient (Wildman–Crippen LogP) is 12.7. The molecule has 0 aliphatic carbocycles. The average Bonchev–Trinajstić information content (AvgIpc) is 3.61. The molecule has 53 heavy (non-hydrogen) atoms. The zero-order valence-electron chi connectivity index (χ0n) is 29.5. The molecule has 0 fully saturated rings. The Hall–Kier alpha value is -5.93. The quantitative estimate of drug-likeness (QED) is 0.156. The Morgan fingerprint density at radius 2 is 1.15 bits per heavy atom. The zero-order chi connectivity index (χ0) is 35.3. The predicted molar refractivity (Wildman–Crippen MR) is 214 cm³/mol. The summed E-state index contributed by atoms with van der Waals surface area (Å²) in [6.07, 6.45) is 3.67. The number of pyridine rings is 2. The van der Waals surface area contributed by atoms with Crippen molar-refractivity contribution < 1.29 is 24.5 Å². The molecule has 4 heteroatoms. The van der Waals surface area contributed by atoms with Crippen LogP contribution in [0.15, 0.2) is 187 Å². The Morgan fingerprint density at radius 3 is 1.85 bits per heavy atom. The molecular weight excluding hydrogens is 825 g/mol. The molecule has 0 aliphatic rings. The van der Waals surface area contributed by atoms with Gasteiger partial charge in [0.2, 0.25) is 0 Å². The van der Waals surface area contributed by atoms with E-state index in [1.807, 2.05) is 66.9 Å². The number of benzene rings is 6. The fourth-order valence-electron chi connectivity index (χ4n) is 6.73. The number of rotatable bonds is 6. The van der Waals surface area contributed by atoms with E-state index in [4.69, 9.17) is 4.42 Å². The van der Waals surface area contributed by atoms with Gasteiger partial charge < -0.3 is 14.4 Å². The van der Waals surface area contributed by atoms with Crippen LogP contribution in [0.4, 0.5) is 0 Å². The molecule has 0 N–H and O–H groups in total. The molecule has 0 unspecified atom stereocenters. The van der Waals surface area contributed by atoms with Crippen molar-refractivity contribution in [1.29, 1.82) is 0 Å². The number of nitrogens with zero attached hydrogens (tertiary/aromatic N) is 2. The average molecular weight is 861 g/mol. The van der Waals surface area contributed by atoms with Gasteiger partial charge in [0.15, 0.2) is 0 Å². The van der Waals surface area contributed by atoms with Gasteiger partial charge in [0.1, 0.15) is 5.58 Å². The maximum atomic E-state index is 6.42. The van der Waals surface area contributed by atoms with Crippen molar-refractivity contribution in [2.24, 2.45) is 0 Å². The summed E-state index contributed by atoms with van der Waals surface area (Å²) in [5.41, 5.74) is 12.6. The Labute approximate surface area is 324 Å². The van der Waals surface area contributed by atoms with Crippen LogP contribution in [-0.2, 0) is 25.5 Å². The van der Waals surface area contributed by atoms with Gasteiger partial charge in [-0.1, -0.05) is 147 Å². The van der Waals surface area contributed by atoms with Crippen LogP contribution >= 0.6 is 0 Å². The molecule has 0 amide bonds. The van der Waals surface area contributed by atoms with Crippen molar-refractivity contribution in [2.45, 2.75) is 19.3 Å². The first-order valence-electron chi connectivity index (χ1n) is 17.5. The van der Waals surface area contributed by atoms with E-state index in [9.17, 15) is 0 Å². The van der Waals surface area contributed by atoms with Gasteiger partial charge in [-0.05, 0) is 45.8 Å². The summed E-state index contributed by atoms with van der Waals surface area (Å²) in [6.45, 7) is 4.50. The van der Waals surface area contributed by atoms with Gasteiger partial charge in [-0.15, -0.1) is 59.2 Å². The van der Waals surface area contributed by atoms with Gasteiger partial charge in [-0.3, -0.25) is 0 Å². The molecule has 0 atom stereocenters. The van der Waals surface area contributed by atoms with Gasteiger partial charge in [0, 0.05) is 48.9 Å². The van der Waals surface area contributed by atoms with Gasteiger partial charge in [0.05, 0.1) is 5.58 Å². The second-order valence-corrected chi connectivity index (χ2v) is 13.3. The Kier molecular flexibility index (Phi) is 10.5. The smallest absolute Gasteiger partial charge is 0.125 e. The molecule has 0 saturated carbocycles. The first-order chi connectivity index (χ1) is 25.5. The van der Waals surface area contributed by atoms with Gasteiger partial charge in [0.25, 0.3) is 0 Å². The first kappa shape index (κ1) is 35.5. The number of fused-ring (bicyclic) bond motifs is 3. The minimum Gasteiger partial charge on any atom is -0.500 e. The second-order valence-electron chi connectivity index (χ2n) is 13.3. The first-order valence-corrected chi connectivity index (χ1v) is 17.5. The van der Waals surface area contributed by atoms with E-state index in [-0.39, 0.29) is 25.5 Å². The van der Waals surface area contributed by atoms with Gasteiger partial charge in [-0.2, -0.15) is 0 Å². The third-order valence-electron chi connectivity index (χ3n) is 9.59. The summed E-state index contributed by atoms with van der Waals surface area (Å²) >= 11 is 0. The fraction of sp³-hybridized carbons (Fsp3) is 0.0612. The third kappa shape index (κ3) is 7.52. The van der Waals surface area contributed by atoms with Crippen molar-refractivity contribution in [3.05, 3.63) is 206 Å². The molecule has 259 valence electrons. The molecule has 3 nitrogen and oxygen atoms in total. The van der Waals surface area contributed by atoms with Crippen LogP contribution in [0.3, 0.4) is 0 Å². The molecule has 0 bridgehead atoms. The normalized spacial score (nSPS) is 11.1. The fourth-order valence-corrected chi connectivity index (χ4v) is 6.73. The van der Waals surface area contributed by atoms with Crippen molar-refractivity contribution in [3.8, 4) is 44.8 Å². The SMILES string of the molecule is CC(C)(c1ccccc1)c1cccc2c1oc1c[c-]c(-c3cc(-c4ccccc4)ccn3)cc12.[Ir].[c-]1ccc(-c2ccccc2)cc1-c1ccccn1. The monoisotopic (exact) mass is 861 g/mol. The summed E-state index contributed by atoms with van der Waals surface area (Å²) in [5, 5.41) is 2.20. The van der Waals surface area contributed by atoms with E-state index in [1.54, 1.807) is 6.20 Å². The summed E-state index contributed by atoms with van der Waals surface area (Å²) in [7, 11) is 0. The van der Waals surface area contributed by atoms with Crippen LogP contribution in [-0.4, -0.2) is 9.97 Å². The number of para-hydroxylation sites is 1. The molecular formula is C49H36IrN2O-2. The van der Waals surface area contributed by atoms with Gasteiger partial charge in [-0.25, -0.2) is 0 Å². The van der Waals surface area contributed by atoms with Crippen LogP contribution in [0, 0.1) is 12.1 Å². The molecule has 9 rings (SSSR count). The van der Waals surface area contributed by atoms with E-state index in [0.717, 1.165) is 50.0 Å². The summed E-state index contributed by atoms with van der Waals surface area (Å²) in [4.78, 5) is 8.99. The zero-order valence-corrected chi connectivity index (χ0v) is 31.9. The molecule has 0 spiro atoms. The minimum atomic E-state index is -0.188. The standard InChI is InChI=1S/C32H24NO.C17H12N.Ir/c1-32(2,25-12-7-4-8-13-25)28-15-9-14-26-27-20-24(16-17-30(27)34-31(26)28)29-21-23(18-19-33-29)22-10-5-3-6-11-22;1-2-7-14(8-3-1)15-9-6-10-16(13-15)17-11-4-5-12-18-17;/h3-15,17-21H,1-2H3;1-9,11-13H;/q2*-1;. The van der Waals surface area contributed by atoms with Crippen molar-refractivity contribution in [2.75, 3.05) is 0 Å². The van der Waals surface area contributed by atoms with E-state index >= 15 is 0 Å². The Bertz CT molecular complexity index is 2530. The molecule has 9 aromatic rings. The van der Waals surface area contributed by atoms with Crippen LogP contribution in [0.1, 0.15) is 25.0 Å². The molecule has 3 aromatic heterocycles. The van der Waals surface area contributed by atoms with E-state index in [0.29, 0.717) is 0 Å². The molecule has 0 aliphatic heterocycles. The molecule has 1 radical (unpaired) electrons. The maximum Gasteiger partial charge on any atom is 0.125 e. The van der Waals surface area contributed by atoms with Gasteiger partial charge >= 0.3 is 0 Å². The number of furan rings is 1. The van der Waals surface area contributed by atoms with Crippen LogP contribution in [0.5, 0.6) is 0 Å². The topological polar surface area (TPSA) is 38.9 Å². The van der Waals surface area contributed by atoms with Crippen molar-refractivity contribution in [1.82, 2.24) is 9.97 Å². The summed E-state index contributed by atoms with van der Waals surface area (Å²) < 4.78 is 6.42. The van der Waals surface area contributed by atoms with Crippen LogP contribution in [0.2, 0.25) is 0 Å². The van der Waals surface area contributed by atoms with Crippen LogP contribution < -0.4 is 0 Å². The van der Waals surface area contributed by atoms with E-state index in [1.165, 1.54) is 27.8 Å². The molecule has 3 heterocycles. The van der Waals surface area contributed by atoms with Crippen LogP contribution in [0.25, 0.3) is 66.7 Å². The number of hydrogen-bond acceptors (Lipinski definition) is 3. The maximum absolute atomic E-state index is 6.42. The largest absolute Gasteiger partial charge is 0.500 e. The second kappa shape index (κ2) is 15.8. The van der Waals surface area contributed by atoms with E-state index < -0.39 is 0 Å². The van der Waals surface area contributed by atoms with E-state index in [2.05, 4.69) is 145 Å². The number of aromatic nitrogens is 2. The van der Waals surface area contributed by atoms with Crippen molar-refractivity contribution in [3.63, 3.8) is 0 Å².